The van der Waals surface area contributed by atoms with Crippen LogP contribution in [0.2, 0.25) is 5.02 Å². The minimum atomic E-state index is -1.21. The van der Waals surface area contributed by atoms with Crippen molar-refractivity contribution in [1.82, 2.24) is 0 Å². The van der Waals surface area contributed by atoms with Gasteiger partial charge < -0.3 is 20.1 Å². The molecule has 0 saturated carbocycles. The quantitative estimate of drug-likeness (QED) is 0.511. The molecule has 4 rings (SSSR count). The molecule has 1 aliphatic heterocycles. The van der Waals surface area contributed by atoms with Crippen molar-refractivity contribution >= 4 is 45.6 Å². The Bertz CT molecular complexity index is 1150. The summed E-state index contributed by atoms with van der Waals surface area (Å²) in [5, 5.41) is 11.1. The Hall–Kier alpha value is -2.91. The third-order valence-electron chi connectivity index (χ3n) is 5.21. The van der Waals surface area contributed by atoms with E-state index in [9.17, 15) is 9.00 Å². The topological polar surface area (TPSA) is 82.1 Å². The van der Waals surface area contributed by atoms with Crippen LogP contribution in [0.4, 0.5) is 17.1 Å². The van der Waals surface area contributed by atoms with Crippen LogP contribution in [-0.4, -0.2) is 55.0 Å². The van der Waals surface area contributed by atoms with Gasteiger partial charge in [-0.2, -0.15) is 0 Å². The molecule has 0 radical (unpaired) electrons. The number of nitrogens with zero attached hydrogens (tertiary/aromatic N) is 2. The molecule has 9 heteroatoms. The first-order chi connectivity index (χ1) is 16.8. The molecule has 0 spiro atoms. The van der Waals surface area contributed by atoms with Gasteiger partial charge in [-0.05, 0) is 67.1 Å². The third-order valence-corrected chi connectivity index (χ3v) is 6.79. The van der Waals surface area contributed by atoms with Crippen molar-refractivity contribution < 1.29 is 18.8 Å². The van der Waals surface area contributed by atoms with Crippen LogP contribution in [0, 0.1) is 0 Å². The monoisotopic (exact) mass is 515 g/mol. The second kappa shape index (κ2) is 12.7. The molecule has 1 saturated heterocycles. The lowest BCUT2D eigenvalue weighted by atomic mass is 10.0. The van der Waals surface area contributed by atoms with Crippen LogP contribution in [0.5, 0.6) is 0 Å². The molecular formula is C26H30ClN3O4S. The fourth-order valence-corrected chi connectivity index (χ4v) is 4.68. The van der Waals surface area contributed by atoms with Crippen molar-refractivity contribution in [1.29, 1.82) is 0 Å². The molecule has 1 unspecified atom stereocenters. The predicted octanol–water partition coefficient (Wildman–Crippen LogP) is 4.78. The normalized spacial score (nSPS) is 15.1. The maximum atomic E-state index is 12.8. The van der Waals surface area contributed by atoms with Crippen molar-refractivity contribution in [3.8, 4) is 11.1 Å². The lowest BCUT2D eigenvalue weighted by Gasteiger charge is -2.27. The highest BCUT2D eigenvalue weighted by atomic mass is 35.5. The highest BCUT2D eigenvalue weighted by Crippen LogP contribution is 2.32. The summed E-state index contributed by atoms with van der Waals surface area (Å²) in [6.07, 6.45) is 0. The van der Waals surface area contributed by atoms with Gasteiger partial charge in [-0.15, -0.1) is 0 Å². The van der Waals surface area contributed by atoms with Crippen molar-refractivity contribution in [3.63, 3.8) is 0 Å². The molecular weight excluding hydrogens is 486 g/mol. The Morgan fingerprint density at radius 2 is 1.77 bits per heavy atom. The molecule has 2 N–H and O–H groups in total. The maximum absolute atomic E-state index is 12.8. The van der Waals surface area contributed by atoms with E-state index in [-0.39, 0.29) is 18.5 Å². The molecule has 7 nitrogen and oxygen atoms in total. The van der Waals surface area contributed by atoms with Crippen LogP contribution < -0.4 is 14.5 Å². The number of rotatable bonds is 5. The van der Waals surface area contributed by atoms with Gasteiger partial charge in [0.05, 0.1) is 13.2 Å². The van der Waals surface area contributed by atoms with E-state index in [0.717, 1.165) is 22.5 Å². The van der Waals surface area contributed by atoms with Crippen LogP contribution in [0.25, 0.3) is 11.1 Å². The number of ether oxygens (including phenoxy) is 1. The van der Waals surface area contributed by atoms with Gasteiger partial charge in [0, 0.05) is 53.9 Å². The van der Waals surface area contributed by atoms with Gasteiger partial charge >= 0.3 is 0 Å². The van der Waals surface area contributed by atoms with E-state index in [1.807, 2.05) is 49.3 Å². The fraction of sp³-hybridized carbons (Fsp3) is 0.269. The van der Waals surface area contributed by atoms with Crippen LogP contribution in [0.1, 0.15) is 17.3 Å². The molecule has 1 fully saturated rings. The summed E-state index contributed by atoms with van der Waals surface area (Å²) in [4.78, 5) is 14.8. The van der Waals surface area contributed by atoms with Crippen molar-refractivity contribution in [2.45, 2.75) is 6.92 Å². The maximum Gasteiger partial charge on any atom is 0.255 e. The van der Waals surface area contributed by atoms with E-state index in [0.29, 0.717) is 29.4 Å². The molecule has 35 heavy (non-hydrogen) atoms. The van der Waals surface area contributed by atoms with Crippen LogP contribution >= 0.6 is 11.6 Å². The fourth-order valence-electron chi connectivity index (χ4n) is 3.44. The number of carbonyl (C=O) groups excluding carboxylic acids is 1. The minimum Gasteiger partial charge on any atom is -0.397 e. The van der Waals surface area contributed by atoms with Crippen LogP contribution in [-0.2, 0) is 15.7 Å². The number of aliphatic hydroxyl groups excluding tert-OH is 1. The molecule has 186 valence electrons. The second-order valence-electron chi connectivity index (χ2n) is 7.90. The average Bonchev–Trinajstić information content (AvgIpc) is 2.86. The third kappa shape index (κ3) is 7.05. The number of hydrogen-bond acceptors (Lipinski definition) is 5. The first-order valence-corrected chi connectivity index (χ1v) is 12.8. The number of benzene rings is 3. The number of aliphatic hydroxyl groups is 1. The first kappa shape index (κ1) is 26.7. The first-order valence-electron chi connectivity index (χ1n) is 11.2. The minimum absolute atomic E-state index is 0.193. The summed E-state index contributed by atoms with van der Waals surface area (Å²) in [5.41, 5.74) is 4.89. The summed E-state index contributed by atoms with van der Waals surface area (Å²) in [6.45, 7) is 3.02. The van der Waals surface area contributed by atoms with Gasteiger partial charge in [0.25, 0.3) is 5.91 Å². The van der Waals surface area contributed by atoms with Gasteiger partial charge in [-0.3, -0.25) is 9.10 Å². The number of halogens is 1. The zero-order chi connectivity index (χ0) is 25.4. The molecule has 0 bridgehead atoms. The summed E-state index contributed by atoms with van der Waals surface area (Å²) in [6, 6.07) is 20.6. The lowest BCUT2D eigenvalue weighted by Crippen LogP contribution is -2.36. The highest BCUT2D eigenvalue weighted by molar-refractivity contribution is 7.86. The molecule has 0 aliphatic carbocycles. The number of carbonyl (C=O) groups is 1. The van der Waals surface area contributed by atoms with Gasteiger partial charge in [0.1, 0.15) is 16.9 Å². The number of amides is 1. The zero-order valence-electron chi connectivity index (χ0n) is 20.0. The molecule has 3 aromatic rings. The van der Waals surface area contributed by atoms with Gasteiger partial charge in [-0.25, -0.2) is 4.21 Å². The SMILES string of the molecule is CCO.CN(C)c1ccc(-c2cc(NC(=O)c3ccc(N4CCOCS4=O)cc3)ccc2Cl)cc1. The standard InChI is InChI=1S/C24H24ClN3O3S.C2H6O/c1-27(2)20-8-3-17(4-9-20)22-15-19(7-12-23(22)25)26-24(29)18-5-10-21(11-6-18)28-13-14-31-16-32(28)30;1-2-3/h3-12,15H,13-14,16H2,1-2H3,(H,26,29);3H,2H2,1H3. The van der Waals surface area contributed by atoms with E-state index < -0.39 is 11.0 Å². The smallest absolute Gasteiger partial charge is 0.255 e. The van der Waals surface area contributed by atoms with Crippen molar-refractivity contribution in [2.24, 2.45) is 0 Å². The van der Waals surface area contributed by atoms with Crippen LogP contribution in [0.3, 0.4) is 0 Å². The van der Waals surface area contributed by atoms with Gasteiger partial charge in [-0.1, -0.05) is 23.7 Å². The Kier molecular flexibility index (Phi) is 9.68. The lowest BCUT2D eigenvalue weighted by molar-refractivity contribution is 0.102. The summed E-state index contributed by atoms with van der Waals surface area (Å²) < 4.78 is 19.1. The Labute approximate surface area is 213 Å². The van der Waals surface area contributed by atoms with E-state index >= 15 is 0 Å². The van der Waals surface area contributed by atoms with Crippen molar-refractivity contribution in [2.75, 3.05) is 54.3 Å². The summed E-state index contributed by atoms with van der Waals surface area (Å²) in [5.74, 6) is -0.0326. The molecule has 1 atom stereocenters. The largest absolute Gasteiger partial charge is 0.397 e. The molecule has 1 aliphatic rings. The van der Waals surface area contributed by atoms with E-state index in [1.54, 1.807) is 47.6 Å². The average molecular weight is 516 g/mol. The van der Waals surface area contributed by atoms with E-state index in [1.165, 1.54) is 0 Å². The second-order valence-corrected chi connectivity index (χ2v) is 9.63. The highest BCUT2D eigenvalue weighted by Gasteiger charge is 2.19. The number of nitrogens with one attached hydrogen (secondary N) is 1. The predicted molar refractivity (Wildman–Crippen MR) is 145 cm³/mol. The molecule has 1 heterocycles. The number of anilines is 3. The van der Waals surface area contributed by atoms with Crippen LogP contribution in [0.15, 0.2) is 66.7 Å². The molecule has 3 aromatic carbocycles. The molecule has 1 amide bonds. The number of hydrogen-bond donors (Lipinski definition) is 2. The Morgan fingerprint density at radius 3 is 2.37 bits per heavy atom. The summed E-state index contributed by atoms with van der Waals surface area (Å²) >= 11 is 6.43. The van der Waals surface area contributed by atoms with Gasteiger partial charge in [0.15, 0.2) is 0 Å². The Morgan fingerprint density at radius 1 is 1.11 bits per heavy atom. The zero-order valence-corrected chi connectivity index (χ0v) is 21.6. The van der Waals surface area contributed by atoms with Gasteiger partial charge in [0.2, 0.25) is 0 Å². The molecule has 0 aromatic heterocycles. The van der Waals surface area contributed by atoms with E-state index in [4.69, 9.17) is 21.4 Å². The van der Waals surface area contributed by atoms with E-state index in [2.05, 4.69) is 5.32 Å². The van der Waals surface area contributed by atoms with Crippen molar-refractivity contribution in [3.05, 3.63) is 77.3 Å². The summed E-state index contributed by atoms with van der Waals surface area (Å²) in [7, 11) is 2.77. The Balaban J connectivity index is 0.00000108.